The summed E-state index contributed by atoms with van der Waals surface area (Å²) in [6.45, 7) is 0.128. The molecule has 0 spiro atoms. The molecule has 3 rings (SSSR count). The van der Waals surface area contributed by atoms with E-state index in [9.17, 15) is 19.8 Å². The van der Waals surface area contributed by atoms with Crippen molar-refractivity contribution in [2.75, 3.05) is 9.80 Å². The summed E-state index contributed by atoms with van der Waals surface area (Å²) in [5.41, 5.74) is 2.02. The molecule has 3 aromatic carbocycles. The molecule has 29 heavy (non-hydrogen) atoms. The Morgan fingerprint density at radius 2 is 1.21 bits per heavy atom. The van der Waals surface area contributed by atoms with Gasteiger partial charge in [-0.3, -0.25) is 0 Å². The lowest BCUT2D eigenvalue weighted by Gasteiger charge is -2.29. The molecule has 0 N–H and O–H groups in total. The van der Waals surface area contributed by atoms with E-state index in [1.807, 2.05) is 12.1 Å². The van der Waals surface area contributed by atoms with E-state index >= 15 is 0 Å². The standard InChI is InChI=1S/C22H19ClN2O4/c23-19-13-18(24(21(26)27)14-16-7-3-1-4-8-16)11-12-20(19)25(22(28)29)15-17-9-5-2-6-10-17/h1-13H,14-15H2,(H,26,27)(H,28,29)/p-2. The monoisotopic (exact) mass is 408 g/mol. The third kappa shape index (κ3) is 5.06. The van der Waals surface area contributed by atoms with Crippen LogP contribution in [0.15, 0.2) is 78.9 Å². The van der Waals surface area contributed by atoms with Crippen LogP contribution >= 0.6 is 11.6 Å². The number of carbonyl (C=O) groups excluding carboxylic acids is 2. The number of benzene rings is 3. The zero-order valence-corrected chi connectivity index (χ0v) is 16.1. The van der Waals surface area contributed by atoms with Crippen LogP contribution in [0.3, 0.4) is 0 Å². The molecule has 0 fully saturated rings. The Hall–Kier alpha value is -3.51. The molecule has 3 aromatic rings. The first kappa shape index (κ1) is 20.2. The number of hydrogen-bond donors (Lipinski definition) is 0. The summed E-state index contributed by atoms with van der Waals surface area (Å²) >= 11 is 6.31. The molecular formula is C22H17ClN2O4-2. The molecule has 2 amide bonds. The van der Waals surface area contributed by atoms with Gasteiger partial charge in [-0.25, -0.2) is 0 Å². The van der Waals surface area contributed by atoms with Crippen LogP contribution in [0.4, 0.5) is 21.0 Å². The molecule has 0 aliphatic heterocycles. The molecule has 0 unspecified atom stereocenters. The Balaban J connectivity index is 1.89. The number of carboxylic acid groups (broad SMARTS) is 2. The van der Waals surface area contributed by atoms with Crippen LogP contribution < -0.4 is 20.0 Å². The first-order valence-electron chi connectivity index (χ1n) is 8.80. The van der Waals surface area contributed by atoms with Crippen LogP contribution in [-0.2, 0) is 13.1 Å². The lowest BCUT2D eigenvalue weighted by Crippen LogP contribution is -2.42. The fourth-order valence-corrected chi connectivity index (χ4v) is 3.20. The van der Waals surface area contributed by atoms with Gasteiger partial charge in [0.15, 0.2) is 0 Å². The van der Waals surface area contributed by atoms with Crippen LogP contribution in [0, 0.1) is 0 Å². The van der Waals surface area contributed by atoms with Gasteiger partial charge in [-0.15, -0.1) is 0 Å². The Kier molecular flexibility index (Phi) is 6.36. The molecule has 0 aliphatic rings. The maximum Gasteiger partial charge on any atom is 0.141 e. The molecule has 0 heterocycles. The van der Waals surface area contributed by atoms with Crippen LogP contribution in [0.1, 0.15) is 11.1 Å². The minimum atomic E-state index is -1.41. The molecule has 0 aliphatic carbocycles. The van der Waals surface area contributed by atoms with Crippen LogP contribution in [-0.4, -0.2) is 12.2 Å². The minimum Gasteiger partial charge on any atom is -0.530 e. The number of nitrogens with zero attached hydrogens (tertiary/aromatic N) is 2. The van der Waals surface area contributed by atoms with Crippen molar-refractivity contribution in [2.45, 2.75) is 13.1 Å². The first-order chi connectivity index (χ1) is 14.0. The van der Waals surface area contributed by atoms with E-state index in [0.717, 1.165) is 20.9 Å². The fourth-order valence-electron chi connectivity index (χ4n) is 2.92. The Labute approximate surface area is 173 Å². The Bertz CT molecular complexity index is 996. The second-order valence-electron chi connectivity index (χ2n) is 6.31. The SMILES string of the molecule is O=C([O-])N(Cc1ccccc1)c1ccc(N(Cc2ccccc2)C(=O)[O-])c(Cl)c1. The van der Waals surface area contributed by atoms with E-state index < -0.39 is 12.2 Å². The Morgan fingerprint density at radius 3 is 1.66 bits per heavy atom. The van der Waals surface area contributed by atoms with Crippen molar-refractivity contribution in [1.29, 1.82) is 0 Å². The van der Waals surface area contributed by atoms with Gasteiger partial charge >= 0.3 is 0 Å². The van der Waals surface area contributed by atoms with E-state index in [0.29, 0.717) is 0 Å². The molecule has 148 valence electrons. The zero-order valence-electron chi connectivity index (χ0n) is 15.3. The predicted octanol–water partition coefficient (Wildman–Crippen LogP) is 3.04. The highest BCUT2D eigenvalue weighted by atomic mass is 35.5. The van der Waals surface area contributed by atoms with Gasteiger partial charge in [0.2, 0.25) is 0 Å². The second-order valence-corrected chi connectivity index (χ2v) is 6.72. The number of hydrogen-bond acceptors (Lipinski definition) is 4. The molecule has 0 saturated carbocycles. The van der Waals surface area contributed by atoms with Crippen molar-refractivity contribution in [3.05, 3.63) is 95.0 Å². The average Bonchev–Trinajstić information content (AvgIpc) is 2.72. The second kappa shape index (κ2) is 9.12. The van der Waals surface area contributed by atoms with Gasteiger partial charge in [0.05, 0.1) is 10.7 Å². The van der Waals surface area contributed by atoms with Gasteiger partial charge in [-0.2, -0.15) is 0 Å². The van der Waals surface area contributed by atoms with Crippen LogP contribution in [0.2, 0.25) is 5.02 Å². The van der Waals surface area contributed by atoms with Gasteiger partial charge in [-0.05, 0) is 29.3 Å². The molecule has 0 bridgehead atoms. The summed E-state index contributed by atoms with van der Waals surface area (Å²) in [7, 11) is 0. The van der Waals surface area contributed by atoms with Crippen molar-refractivity contribution in [1.82, 2.24) is 0 Å². The summed E-state index contributed by atoms with van der Waals surface area (Å²) in [6, 6.07) is 22.4. The van der Waals surface area contributed by atoms with Gasteiger partial charge < -0.3 is 29.6 Å². The molecule has 6 nitrogen and oxygen atoms in total. The van der Waals surface area contributed by atoms with Crippen molar-refractivity contribution < 1.29 is 19.8 Å². The molecule has 0 aromatic heterocycles. The quantitative estimate of drug-likeness (QED) is 0.627. The van der Waals surface area contributed by atoms with Gasteiger partial charge in [0.1, 0.15) is 12.2 Å². The number of halogens is 1. The molecule has 0 atom stereocenters. The lowest BCUT2D eigenvalue weighted by molar-refractivity contribution is -0.247. The first-order valence-corrected chi connectivity index (χ1v) is 9.18. The maximum atomic E-state index is 11.7. The minimum absolute atomic E-state index is 0.0520. The van der Waals surface area contributed by atoms with Crippen molar-refractivity contribution in [2.24, 2.45) is 0 Å². The largest absolute Gasteiger partial charge is 0.530 e. The Morgan fingerprint density at radius 1 is 0.724 bits per heavy atom. The van der Waals surface area contributed by atoms with E-state index in [1.165, 1.54) is 18.2 Å². The molecule has 0 radical (unpaired) electrons. The van der Waals surface area contributed by atoms with Crippen molar-refractivity contribution >= 4 is 35.2 Å². The summed E-state index contributed by atoms with van der Waals surface area (Å²) in [5, 5.41) is 23.4. The summed E-state index contributed by atoms with van der Waals surface area (Å²) in [5.74, 6) is 0. The van der Waals surface area contributed by atoms with E-state index in [4.69, 9.17) is 11.6 Å². The highest BCUT2D eigenvalue weighted by molar-refractivity contribution is 6.34. The molecule has 0 saturated heterocycles. The lowest BCUT2D eigenvalue weighted by atomic mass is 10.1. The van der Waals surface area contributed by atoms with Gasteiger partial charge in [0.25, 0.3) is 0 Å². The number of anilines is 2. The topological polar surface area (TPSA) is 86.7 Å². The smallest absolute Gasteiger partial charge is 0.141 e. The van der Waals surface area contributed by atoms with Crippen LogP contribution in [0.25, 0.3) is 0 Å². The van der Waals surface area contributed by atoms with Crippen LogP contribution in [0.5, 0.6) is 0 Å². The van der Waals surface area contributed by atoms with Crippen molar-refractivity contribution in [3.8, 4) is 0 Å². The normalized spacial score (nSPS) is 10.4. The van der Waals surface area contributed by atoms with Gasteiger partial charge in [0, 0.05) is 18.8 Å². The maximum absolute atomic E-state index is 11.7. The predicted molar refractivity (Wildman–Crippen MR) is 107 cm³/mol. The highest BCUT2D eigenvalue weighted by Gasteiger charge is 2.16. The summed E-state index contributed by atoms with van der Waals surface area (Å²) < 4.78 is 0. The average molecular weight is 409 g/mol. The third-order valence-corrected chi connectivity index (χ3v) is 4.64. The van der Waals surface area contributed by atoms with E-state index in [1.54, 1.807) is 48.5 Å². The fraction of sp³-hybridized carbons (Fsp3) is 0.0909. The van der Waals surface area contributed by atoms with Crippen molar-refractivity contribution in [3.63, 3.8) is 0 Å². The number of rotatable bonds is 6. The molecule has 7 heteroatoms. The highest BCUT2D eigenvalue weighted by Crippen LogP contribution is 2.32. The summed E-state index contributed by atoms with van der Waals surface area (Å²) in [6.07, 6.45) is -2.80. The third-order valence-electron chi connectivity index (χ3n) is 4.34. The number of amides is 2. The van der Waals surface area contributed by atoms with E-state index in [2.05, 4.69) is 0 Å². The van der Waals surface area contributed by atoms with E-state index in [-0.39, 0.29) is 29.5 Å². The molecular weight excluding hydrogens is 392 g/mol. The van der Waals surface area contributed by atoms with Gasteiger partial charge in [-0.1, -0.05) is 72.3 Å². The summed E-state index contributed by atoms with van der Waals surface area (Å²) in [4.78, 5) is 25.3. The number of carbonyl (C=O) groups is 2. The zero-order chi connectivity index (χ0) is 20.8.